The second-order valence-corrected chi connectivity index (χ2v) is 7.47. The summed E-state index contributed by atoms with van der Waals surface area (Å²) >= 11 is 0. The third kappa shape index (κ3) is 6.82. The second kappa shape index (κ2) is 11.9. The van der Waals surface area contributed by atoms with Crippen LogP contribution in [0.5, 0.6) is 0 Å². The van der Waals surface area contributed by atoms with Crippen LogP contribution in [-0.4, -0.2) is 43.1 Å². The van der Waals surface area contributed by atoms with E-state index in [0.29, 0.717) is 19.7 Å². The van der Waals surface area contributed by atoms with Crippen LogP contribution in [0.2, 0.25) is 0 Å². The summed E-state index contributed by atoms with van der Waals surface area (Å²) in [4.78, 5) is 14.6. The maximum Gasteiger partial charge on any atom is 0.234 e. The molecule has 29 heavy (non-hydrogen) atoms. The van der Waals surface area contributed by atoms with E-state index in [4.69, 9.17) is 10.5 Å². The Morgan fingerprint density at radius 1 is 1.10 bits per heavy atom. The summed E-state index contributed by atoms with van der Waals surface area (Å²) in [5.41, 5.74) is 9.81. The highest BCUT2D eigenvalue weighted by Crippen LogP contribution is 2.25. The number of ether oxygens (including phenoxy) is 1. The van der Waals surface area contributed by atoms with Crippen molar-refractivity contribution in [1.29, 1.82) is 0 Å². The molecule has 2 aromatic carbocycles. The number of halogens is 1. The highest BCUT2D eigenvalue weighted by molar-refractivity contribution is 5.85. The van der Waals surface area contributed by atoms with Crippen molar-refractivity contribution in [2.24, 2.45) is 5.73 Å². The number of nitrogens with two attached hydrogens (primary N) is 1. The van der Waals surface area contributed by atoms with Crippen molar-refractivity contribution in [2.75, 3.05) is 26.2 Å². The van der Waals surface area contributed by atoms with Gasteiger partial charge in [0.1, 0.15) is 0 Å². The van der Waals surface area contributed by atoms with Gasteiger partial charge in [0.25, 0.3) is 0 Å². The van der Waals surface area contributed by atoms with Gasteiger partial charge in [0.15, 0.2) is 0 Å². The molecule has 3 N–H and O–H groups in total. The van der Waals surface area contributed by atoms with Crippen LogP contribution in [0.4, 0.5) is 0 Å². The van der Waals surface area contributed by atoms with Crippen molar-refractivity contribution < 1.29 is 9.53 Å². The third-order valence-electron chi connectivity index (χ3n) is 5.24. The minimum absolute atomic E-state index is 0. The summed E-state index contributed by atoms with van der Waals surface area (Å²) in [6.45, 7) is 5.89. The average Bonchev–Trinajstić information content (AvgIpc) is 3.08. The van der Waals surface area contributed by atoms with E-state index in [-0.39, 0.29) is 30.3 Å². The average molecular weight is 418 g/mol. The van der Waals surface area contributed by atoms with Crippen molar-refractivity contribution in [2.45, 2.75) is 38.5 Å². The number of likely N-dealkylation sites (tertiary alicyclic amines) is 1. The predicted molar refractivity (Wildman–Crippen MR) is 119 cm³/mol. The van der Waals surface area contributed by atoms with E-state index in [1.807, 2.05) is 36.4 Å². The molecule has 1 aliphatic rings. The SMILES string of the molecule is CCCOCc1ccccc1CNC(=O)CN1C[C@@H](N)[C@H](c2ccccc2)C1.Cl. The van der Waals surface area contributed by atoms with Crippen LogP contribution >= 0.6 is 12.4 Å². The molecule has 1 aliphatic heterocycles. The Morgan fingerprint density at radius 3 is 2.52 bits per heavy atom. The number of rotatable bonds is 9. The molecule has 0 aromatic heterocycles. The van der Waals surface area contributed by atoms with Crippen LogP contribution in [0.15, 0.2) is 54.6 Å². The lowest BCUT2D eigenvalue weighted by molar-refractivity contribution is -0.122. The van der Waals surface area contributed by atoms with Crippen LogP contribution in [0.25, 0.3) is 0 Å². The summed E-state index contributed by atoms with van der Waals surface area (Å²) in [6, 6.07) is 18.5. The van der Waals surface area contributed by atoms with Gasteiger partial charge in [0.2, 0.25) is 5.91 Å². The molecule has 0 aliphatic carbocycles. The van der Waals surface area contributed by atoms with Gasteiger partial charge < -0.3 is 15.8 Å². The van der Waals surface area contributed by atoms with Gasteiger partial charge in [0.05, 0.1) is 13.2 Å². The Kier molecular flexibility index (Phi) is 9.61. The van der Waals surface area contributed by atoms with E-state index in [2.05, 4.69) is 35.3 Å². The standard InChI is InChI=1S/C23H31N3O2.ClH/c1-2-12-28-17-20-11-7-6-10-19(20)13-25-23(27)16-26-14-21(22(24)15-26)18-8-4-3-5-9-18;/h3-11,21-22H,2,12-17,24H2,1H3,(H,25,27);1H/t21-,22+;/m0./s1. The zero-order valence-electron chi connectivity index (χ0n) is 17.0. The van der Waals surface area contributed by atoms with Gasteiger partial charge in [-0.1, -0.05) is 61.5 Å². The molecule has 3 rings (SSSR count). The Hall–Kier alpha value is -1.92. The van der Waals surface area contributed by atoms with Gasteiger partial charge in [-0.15, -0.1) is 12.4 Å². The maximum atomic E-state index is 12.5. The molecule has 1 heterocycles. The molecule has 1 amide bonds. The minimum atomic E-state index is 0. The second-order valence-electron chi connectivity index (χ2n) is 7.47. The smallest absolute Gasteiger partial charge is 0.234 e. The van der Waals surface area contributed by atoms with E-state index in [0.717, 1.165) is 37.2 Å². The van der Waals surface area contributed by atoms with Crippen molar-refractivity contribution in [3.05, 3.63) is 71.3 Å². The fraction of sp³-hybridized carbons (Fsp3) is 0.435. The number of nitrogens with zero attached hydrogens (tertiary/aromatic N) is 1. The van der Waals surface area contributed by atoms with Gasteiger partial charge in [-0.3, -0.25) is 9.69 Å². The number of nitrogens with one attached hydrogen (secondary N) is 1. The minimum Gasteiger partial charge on any atom is -0.377 e. The van der Waals surface area contributed by atoms with Crippen LogP contribution in [0.3, 0.4) is 0 Å². The first kappa shape index (κ1) is 23.4. The van der Waals surface area contributed by atoms with Gasteiger partial charge >= 0.3 is 0 Å². The molecule has 0 radical (unpaired) electrons. The quantitative estimate of drug-likeness (QED) is 0.615. The summed E-state index contributed by atoms with van der Waals surface area (Å²) in [7, 11) is 0. The number of carbonyl (C=O) groups is 1. The van der Waals surface area contributed by atoms with Gasteiger partial charge in [-0.05, 0) is 23.1 Å². The third-order valence-corrected chi connectivity index (χ3v) is 5.24. The zero-order valence-corrected chi connectivity index (χ0v) is 17.9. The highest BCUT2D eigenvalue weighted by atomic mass is 35.5. The lowest BCUT2D eigenvalue weighted by atomic mass is 9.95. The Balaban J connectivity index is 0.00000300. The number of carbonyl (C=O) groups excluding carboxylic acids is 1. The molecule has 2 atom stereocenters. The Morgan fingerprint density at radius 2 is 1.79 bits per heavy atom. The van der Waals surface area contributed by atoms with Crippen molar-refractivity contribution >= 4 is 18.3 Å². The molecular formula is C23H32ClN3O2. The van der Waals surface area contributed by atoms with Crippen molar-refractivity contribution in [3.8, 4) is 0 Å². The van der Waals surface area contributed by atoms with Gasteiger partial charge in [-0.25, -0.2) is 0 Å². The fourth-order valence-electron chi connectivity index (χ4n) is 3.75. The van der Waals surface area contributed by atoms with E-state index < -0.39 is 0 Å². The molecular weight excluding hydrogens is 386 g/mol. The maximum absolute atomic E-state index is 12.5. The molecule has 1 fully saturated rings. The monoisotopic (exact) mass is 417 g/mol. The van der Waals surface area contributed by atoms with Crippen LogP contribution in [0.1, 0.15) is 36.0 Å². The van der Waals surface area contributed by atoms with E-state index in [1.54, 1.807) is 0 Å². The van der Waals surface area contributed by atoms with E-state index in [1.165, 1.54) is 5.56 Å². The number of hydrogen-bond donors (Lipinski definition) is 2. The zero-order chi connectivity index (χ0) is 19.8. The molecule has 0 bridgehead atoms. The van der Waals surface area contributed by atoms with Crippen molar-refractivity contribution in [1.82, 2.24) is 10.2 Å². The molecule has 0 unspecified atom stereocenters. The molecule has 0 spiro atoms. The topological polar surface area (TPSA) is 67.6 Å². The first-order valence-electron chi connectivity index (χ1n) is 10.1. The lowest BCUT2D eigenvalue weighted by Gasteiger charge is -2.16. The van der Waals surface area contributed by atoms with Gasteiger partial charge in [-0.2, -0.15) is 0 Å². The highest BCUT2D eigenvalue weighted by Gasteiger charge is 2.31. The van der Waals surface area contributed by atoms with E-state index in [9.17, 15) is 4.79 Å². The molecule has 0 saturated carbocycles. The number of benzene rings is 2. The summed E-state index contributed by atoms with van der Waals surface area (Å²) in [5, 5.41) is 3.05. The summed E-state index contributed by atoms with van der Waals surface area (Å²) in [5.74, 6) is 0.315. The van der Waals surface area contributed by atoms with Crippen LogP contribution in [0, 0.1) is 0 Å². The van der Waals surface area contributed by atoms with Crippen LogP contribution < -0.4 is 11.1 Å². The number of amides is 1. The summed E-state index contributed by atoms with van der Waals surface area (Å²) in [6.07, 6.45) is 1.00. The number of hydrogen-bond acceptors (Lipinski definition) is 4. The van der Waals surface area contributed by atoms with E-state index >= 15 is 0 Å². The lowest BCUT2D eigenvalue weighted by Crippen LogP contribution is -2.37. The molecule has 1 saturated heterocycles. The first-order chi connectivity index (χ1) is 13.7. The molecule has 2 aromatic rings. The molecule has 6 heteroatoms. The first-order valence-corrected chi connectivity index (χ1v) is 10.1. The van der Waals surface area contributed by atoms with Crippen LogP contribution in [-0.2, 0) is 22.7 Å². The Labute approximate surface area is 180 Å². The molecule has 158 valence electrons. The Bertz CT molecular complexity index is 757. The largest absolute Gasteiger partial charge is 0.377 e. The van der Waals surface area contributed by atoms with Gasteiger partial charge in [0, 0.05) is 38.2 Å². The predicted octanol–water partition coefficient (Wildman–Crippen LogP) is 3.08. The summed E-state index contributed by atoms with van der Waals surface area (Å²) < 4.78 is 5.65. The normalized spacial score (nSPS) is 19.0. The van der Waals surface area contributed by atoms with Crippen molar-refractivity contribution in [3.63, 3.8) is 0 Å². The molecule has 5 nitrogen and oxygen atoms in total. The fourth-order valence-corrected chi connectivity index (χ4v) is 3.75.